The van der Waals surface area contributed by atoms with Crippen LogP contribution in [0.4, 0.5) is 0 Å². The molecule has 1 aromatic rings. The number of nitrogens with one attached hydrogen (secondary N) is 1. The van der Waals surface area contributed by atoms with Crippen molar-refractivity contribution in [2.75, 3.05) is 5.75 Å². The molecule has 7 heteroatoms. The van der Waals surface area contributed by atoms with E-state index < -0.39 is 0 Å². The summed E-state index contributed by atoms with van der Waals surface area (Å²) in [7, 11) is 1.84. The van der Waals surface area contributed by atoms with Crippen molar-refractivity contribution in [3.8, 4) is 0 Å². The number of carbonyl (C=O) groups excluding carboxylic acids is 1. The Kier molecular flexibility index (Phi) is 4.53. The van der Waals surface area contributed by atoms with E-state index >= 15 is 0 Å². The molecule has 3 N–H and O–H groups in total. The lowest BCUT2D eigenvalue weighted by molar-refractivity contribution is -0.119. The lowest BCUT2D eigenvalue weighted by Gasteiger charge is -2.20. The largest absolute Gasteiger partial charge is 0.351 e. The average Bonchev–Trinajstić information content (AvgIpc) is 2.54. The maximum Gasteiger partial charge on any atom is 0.230 e. The molecule has 96 valence electrons. The Balaban J connectivity index is 2.50. The number of hydrogen-bond donors (Lipinski definition) is 2. The van der Waals surface area contributed by atoms with Gasteiger partial charge in [-0.15, -0.1) is 10.2 Å². The highest BCUT2D eigenvalue weighted by Gasteiger charge is 2.15. The molecule has 1 heterocycles. The van der Waals surface area contributed by atoms with Crippen LogP contribution in [-0.4, -0.2) is 32.0 Å². The highest BCUT2D eigenvalue weighted by molar-refractivity contribution is 7.99. The van der Waals surface area contributed by atoms with Crippen LogP contribution in [-0.2, 0) is 18.4 Å². The van der Waals surface area contributed by atoms with Crippen LogP contribution in [0.25, 0.3) is 0 Å². The molecule has 0 aliphatic heterocycles. The van der Waals surface area contributed by atoms with Gasteiger partial charge >= 0.3 is 0 Å². The fourth-order valence-corrected chi connectivity index (χ4v) is 1.96. The van der Waals surface area contributed by atoms with Gasteiger partial charge in [-0.3, -0.25) is 4.79 Å². The first-order chi connectivity index (χ1) is 7.83. The Morgan fingerprint density at radius 1 is 1.47 bits per heavy atom. The summed E-state index contributed by atoms with van der Waals surface area (Å²) in [6.07, 6.45) is 0. The molecule has 0 atom stereocenters. The van der Waals surface area contributed by atoms with E-state index in [1.807, 2.05) is 27.8 Å². The van der Waals surface area contributed by atoms with Gasteiger partial charge in [0.2, 0.25) is 5.91 Å². The molecule has 1 rings (SSSR count). The Labute approximate surface area is 105 Å². The van der Waals surface area contributed by atoms with Gasteiger partial charge in [-0.05, 0) is 20.8 Å². The van der Waals surface area contributed by atoms with Gasteiger partial charge in [-0.1, -0.05) is 11.8 Å². The number of amides is 1. The lowest BCUT2D eigenvalue weighted by atomic mass is 10.1. The maximum atomic E-state index is 11.6. The maximum absolute atomic E-state index is 11.6. The second-order valence-electron chi connectivity index (χ2n) is 4.75. The number of nitrogens with two attached hydrogens (primary N) is 1. The van der Waals surface area contributed by atoms with Crippen molar-refractivity contribution in [1.29, 1.82) is 0 Å². The molecular formula is C10H19N5OS. The van der Waals surface area contributed by atoms with E-state index in [0.29, 0.717) is 23.3 Å². The van der Waals surface area contributed by atoms with E-state index in [0.717, 1.165) is 0 Å². The summed E-state index contributed by atoms with van der Waals surface area (Å²) < 4.78 is 1.80. The molecule has 0 bridgehead atoms. The number of hydrogen-bond acceptors (Lipinski definition) is 5. The fourth-order valence-electron chi connectivity index (χ4n) is 1.23. The quantitative estimate of drug-likeness (QED) is 0.757. The molecule has 0 aromatic carbocycles. The molecule has 1 aromatic heterocycles. The van der Waals surface area contributed by atoms with Gasteiger partial charge in [0.25, 0.3) is 0 Å². The molecule has 6 nitrogen and oxygen atoms in total. The van der Waals surface area contributed by atoms with Crippen molar-refractivity contribution >= 4 is 17.7 Å². The Morgan fingerprint density at radius 3 is 2.59 bits per heavy atom. The summed E-state index contributed by atoms with van der Waals surface area (Å²) in [4.78, 5) is 11.6. The Morgan fingerprint density at radius 2 is 2.12 bits per heavy atom. The molecule has 1 amide bonds. The van der Waals surface area contributed by atoms with E-state index in [4.69, 9.17) is 5.73 Å². The van der Waals surface area contributed by atoms with E-state index in [9.17, 15) is 4.79 Å². The zero-order valence-electron chi connectivity index (χ0n) is 10.6. The van der Waals surface area contributed by atoms with E-state index in [1.165, 1.54) is 11.8 Å². The Hall–Kier alpha value is -1.08. The predicted octanol–water partition coefficient (Wildman–Crippen LogP) is 0.281. The summed E-state index contributed by atoms with van der Waals surface area (Å²) in [6, 6.07) is 0. The molecule has 0 unspecified atom stereocenters. The van der Waals surface area contributed by atoms with Gasteiger partial charge in [0.1, 0.15) is 5.82 Å². The van der Waals surface area contributed by atoms with Crippen LogP contribution < -0.4 is 11.1 Å². The van der Waals surface area contributed by atoms with E-state index in [1.54, 1.807) is 4.57 Å². The van der Waals surface area contributed by atoms with Gasteiger partial charge in [0, 0.05) is 12.6 Å². The van der Waals surface area contributed by atoms with Crippen LogP contribution in [0, 0.1) is 0 Å². The first-order valence-corrected chi connectivity index (χ1v) is 6.34. The minimum absolute atomic E-state index is 0.0141. The fraction of sp³-hybridized carbons (Fsp3) is 0.700. The molecule has 0 spiro atoms. The minimum atomic E-state index is -0.208. The predicted molar refractivity (Wildman–Crippen MR) is 67.5 cm³/mol. The number of carbonyl (C=O) groups is 1. The molecular weight excluding hydrogens is 238 g/mol. The molecule has 0 aliphatic rings. The van der Waals surface area contributed by atoms with Gasteiger partial charge in [0.05, 0.1) is 12.3 Å². The highest BCUT2D eigenvalue weighted by Crippen LogP contribution is 2.15. The van der Waals surface area contributed by atoms with Crippen molar-refractivity contribution in [2.24, 2.45) is 12.8 Å². The third-order valence-corrected chi connectivity index (χ3v) is 2.97. The summed E-state index contributed by atoms with van der Waals surface area (Å²) in [6.45, 7) is 6.19. The van der Waals surface area contributed by atoms with Crippen LogP contribution in [0.15, 0.2) is 5.16 Å². The topological polar surface area (TPSA) is 85.8 Å². The smallest absolute Gasteiger partial charge is 0.230 e. The van der Waals surface area contributed by atoms with Crippen molar-refractivity contribution in [1.82, 2.24) is 20.1 Å². The number of thioether (sulfide) groups is 1. The lowest BCUT2D eigenvalue weighted by Crippen LogP contribution is -2.41. The van der Waals surface area contributed by atoms with Crippen LogP contribution in [0.1, 0.15) is 26.6 Å². The average molecular weight is 257 g/mol. The highest BCUT2D eigenvalue weighted by atomic mass is 32.2. The van der Waals surface area contributed by atoms with E-state index in [2.05, 4.69) is 15.5 Å². The van der Waals surface area contributed by atoms with Gasteiger partial charge in [-0.2, -0.15) is 0 Å². The van der Waals surface area contributed by atoms with Gasteiger partial charge in [-0.25, -0.2) is 0 Å². The summed E-state index contributed by atoms with van der Waals surface area (Å²) >= 11 is 1.35. The zero-order chi connectivity index (χ0) is 13.1. The van der Waals surface area contributed by atoms with Crippen molar-refractivity contribution in [2.45, 2.75) is 38.0 Å². The number of nitrogens with zero attached hydrogens (tertiary/aromatic N) is 3. The summed E-state index contributed by atoms with van der Waals surface area (Å²) in [5.41, 5.74) is 5.28. The normalized spacial score (nSPS) is 11.6. The molecule has 0 saturated carbocycles. The summed E-state index contributed by atoms with van der Waals surface area (Å²) in [5.74, 6) is 1.02. The standard InChI is InChI=1S/C10H19N5OS/c1-10(2,3)12-8(16)6-17-9-14-13-7(5-11)15(9)4/h5-6,11H2,1-4H3,(H,12,16). The zero-order valence-corrected chi connectivity index (χ0v) is 11.5. The van der Waals surface area contributed by atoms with Crippen LogP contribution in [0.2, 0.25) is 0 Å². The first-order valence-electron chi connectivity index (χ1n) is 5.35. The number of rotatable bonds is 4. The van der Waals surface area contributed by atoms with E-state index in [-0.39, 0.29) is 11.4 Å². The number of aromatic nitrogens is 3. The van der Waals surface area contributed by atoms with Crippen LogP contribution in [0.3, 0.4) is 0 Å². The third-order valence-electron chi connectivity index (χ3n) is 1.95. The van der Waals surface area contributed by atoms with Crippen LogP contribution >= 0.6 is 11.8 Å². The summed E-state index contributed by atoms with van der Waals surface area (Å²) in [5, 5.41) is 11.5. The van der Waals surface area contributed by atoms with Crippen molar-refractivity contribution in [3.63, 3.8) is 0 Å². The molecule has 0 saturated heterocycles. The first kappa shape index (κ1) is 14.0. The molecule has 0 radical (unpaired) electrons. The molecule has 17 heavy (non-hydrogen) atoms. The molecule has 0 aliphatic carbocycles. The van der Waals surface area contributed by atoms with Gasteiger partial charge < -0.3 is 15.6 Å². The van der Waals surface area contributed by atoms with Gasteiger partial charge in [0.15, 0.2) is 5.16 Å². The third kappa shape index (κ3) is 4.35. The SMILES string of the molecule is Cn1c(CN)nnc1SCC(=O)NC(C)(C)C. The molecule has 0 fully saturated rings. The minimum Gasteiger partial charge on any atom is -0.351 e. The van der Waals surface area contributed by atoms with Crippen molar-refractivity contribution in [3.05, 3.63) is 5.82 Å². The monoisotopic (exact) mass is 257 g/mol. The van der Waals surface area contributed by atoms with Crippen LogP contribution in [0.5, 0.6) is 0 Å². The van der Waals surface area contributed by atoms with Crippen molar-refractivity contribution < 1.29 is 4.79 Å². The Bertz CT molecular complexity index is 396. The second-order valence-corrected chi connectivity index (χ2v) is 5.69. The second kappa shape index (κ2) is 5.50.